The molecule has 1 aromatic rings. The molecule has 1 aromatic carbocycles. The molecule has 0 bridgehead atoms. The van der Waals surface area contributed by atoms with Crippen LogP contribution in [0.4, 0.5) is 0 Å². The topological polar surface area (TPSA) is 52.3 Å². The number of halogens is 1. The van der Waals surface area contributed by atoms with E-state index in [4.69, 9.17) is 10.5 Å². The summed E-state index contributed by atoms with van der Waals surface area (Å²) < 4.78 is 6.19. The van der Waals surface area contributed by atoms with E-state index in [0.717, 1.165) is 10.0 Å². The minimum absolute atomic E-state index is 0.266. The van der Waals surface area contributed by atoms with Crippen LogP contribution in [0, 0.1) is 5.41 Å². The zero-order valence-electron chi connectivity index (χ0n) is 9.50. The molecule has 16 heavy (non-hydrogen) atoms. The van der Waals surface area contributed by atoms with Gasteiger partial charge in [-0.2, -0.15) is 0 Å². The molecule has 0 spiro atoms. The first-order chi connectivity index (χ1) is 7.45. The summed E-state index contributed by atoms with van der Waals surface area (Å²) in [4.78, 5) is 11.6. The van der Waals surface area contributed by atoms with E-state index in [-0.39, 0.29) is 19.1 Å². The Morgan fingerprint density at radius 3 is 2.44 bits per heavy atom. The first-order valence-electron chi connectivity index (χ1n) is 5.07. The molecule has 0 saturated carbocycles. The number of hydrogen-bond acceptors (Lipinski definition) is 3. The quantitative estimate of drug-likeness (QED) is 0.865. The average Bonchev–Trinajstić information content (AvgIpc) is 2.28. The summed E-state index contributed by atoms with van der Waals surface area (Å²) in [5, 5.41) is 0. The van der Waals surface area contributed by atoms with Gasteiger partial charge in [-0.25, -0.2) is 0 Å². The summed E-state index contributed by atoms with van der Waals surface area (Å²) >= 11 is 3.34. The Labute approximate surface area is 104 Å². The SMILES string of the molecule is CC(C)(CN)C(=O)OCc1ccc(Br)cc1. The number of carbonyl (C=O) groups excluding carboxylic acids is 1. The van der Waals surface area contributed by atoms with Gasteiger partial charge in [0, 0.05) is 11.0 Å². The largest absolute Gasteiger partial charge is 0.460 e. The average molecular weight is 286 g/mol. The van der Waals surface area contributed by atoms with Crippen LogP contribution in [0.5, 0.6) is 0 Å². The second-order valence-corrected chi connectivity index (χ2v) is 5.21. The van der Waals surface area contributed by atoms with Gasteiger partial charge < -0.3 is 10.5 Å². The van der Waals surface area contributed by atoms with E-state index < -0.39 is 5.41 Å². The maximum atomic E-state index is 11.6. The Kier molecular flexibility index (Phi) is 4.50. The van der Waals surface area contributed by atoms with Crippen LogP contribution in [0.15, 0.2) is 28.7 Å². The van der Waals surface area contributed by atoms with Crippen molar-refractivity contribution in [2.24, 2.45) is 11.1 Å². The van der Waals surface area contributed by atoms with Crippen LogP contribution >= 0.6 is 15.9 Å². The number of carbonyl (C=O) groups is 1. The molecule has 0 aliphatic heterocycles. The lowest BCUT2D eigenvalue weighted by atomic mass is 9.94. The van der Waals surface area contributed by atoms with E-state index in [2.05, 4.69) is 15.9 Å². The molecule has 4 heteroatoms. The van der Waals surface area contributed by atoms with Crippen molar-refractivity contribution in [3.05, 3.63) is 34.3 Å². The lowest BCUT2D eigenvalue weighted by Gasteiger charge is -2.20. The van der Waals surface area contributed by atoms with Gasteiger partial charge >= 0.3 is 5.97 Å². The van der Waals surface area contributed by atoms with Gasteiger partial charge in [0.15, 0.2) is 0 Å². The van der Waals surface area contributed by atoms with Crippen molar-refractivity contribution in [3.8, 4) is 0 Å². The molecule has 0 radical (unpaired) electrons. The van der Waals surface area contributed by atoms with E-state index in [1.807, 2.05) is 24.3 Å². The predicted molar refractivity (Wildman–Crippen MR) is 66.8 cm³/mol. The van der Waals surface area contributed by atoms with Gasteiger partial charge in [0.25, 0.3) is 0 Å². The third kappa shape index (κ3) is 3.61. The third-order valence-corrected chi connectivity index (χ3v) is 2.87. The van der Waals surface area contributed by atoms with Gasteiger partial charge in [-0.15, -0.1) is 0 Å². The summed E-state index contributed by atoms with van der Waals surface area (Å²) in [6, 6.07) is 7.65. The van der Waals surface area contributed by atoms with Crippen LogP contribution in [0.3, 0.4) is 0 Å². The summed E-state index contributed by atoms with van der Waals surface area (Å²) in [6.45, 7) is 4.12. The maximum absolute atomic E-state index is 11.6. The Balaban J connectivity index is 2.52. The van der Waals surface area contributed by atoms with Gasteiger partial charge in [-0.1, -0.05) is 28.1 Å². The predicted octanol–water partition coefficient (Wildman–Crippen LogP) is 2.48. The van der Waals surface area contributed by atoms with Gasteiger partial charge in [0.2, 0.25) is 0 Å². The number of nitrogens with two attached hydrogens (primary N) is 1. The lowest BCUT2D eigenvalue weighted by molar-refractivity contribution is -0.154. The van der Waals surface area contributed by atoms with Crippen LogP contribution in [0.1, 0.15) is 19.4 Å². The highest BCUT2D eigenvalue weighted by molar-refractivity contribution is 9.10. The Bertz CT molecular complexity index is 360. The normalized spacial score (nSPS) is 11.2. The Morgan fingerprint density at radius 2 is 1.94 bits per heavy atom. The zero-order chi connectivity index (χ0) is 12.2. The van der Waals surface area contributed by atoms with Crippen molar-refractivity contribution < 1.29 is 9.53 Å². The number of esters is 1. The van der Waals surface area contributed by atoms with Crippen molar-refractivity contribution >= 4 is 21.9 Å². The first-order valence-corrected chi connectivity index (χ1v) is 5.87. The molecule has 0 amide bonds. The number of benzene rings is 1. The fraction of sp³-hybridized carbons (Fsp3) is 0.417. The van der Waals surface area contributed by atoms with E-state index in [1.165, 1.54) is 0 Å². The molecular weight excluding hydrogens is 270 g/mol. The molecule has 0 heterocycles. The minimum Gasteiger partial charge on any atom is -0.460 e. The molecule has 0 saturated heterocycles. The lowest BCUT2D eigenvalue weighted by Crippen LogP contribution is -2.34. The molecule has 0 aliphatic rings. The van der Waals surface area contributed by atoms with E-state index >= 15 is 0 Å². The van der Waals surface area contributed by atoms with Crippen LogP contribution in [-0.2, 0) is 16.1 Å². The second kappa shape index (κ2) is 5.46. The number of rotatable bonds is 4. The molecule has 88 valence electrons. The summed E-state index contributed by atoms with van der Waals surface area (Å²) in [5.74, 6) is -0.266. The number of hydrogen-bond donors (Lipinski definition) is 1. The molecule has 1 rings (SSSR count). The van der Waals surface area contributed by atoms with Crippen LogP contribution in [0.2, 0.25) is 0 Å². The fourth-order valence-corrected chi connectivity index (χ4v) is 1.27. The van der Waals surface area contributed by atoms with E-state index in [9.17, 15) is 4.79 Å². The third-order valence-electron chi connectivity index (χ3n) is 2.35. The maximum Gasteiger partial charge on any atom is 0.313 e. The minimum atomic E-state index is -0.616. The molecule has 2 N–H and O–H groups in total. The van der Waals surface area contributed by atoms with Crippen molar-refractivity contribution in [3.63, 3.8) is 0 Å². The monoisotopic (exact) mass is 285 g/mol. The standard InChI is InChI=1S/C12H16BrNO2/c1-12(2,8-14)11(15)16-7-9-3-5-10(13)6-4-9/h3-6H,7-8,14H2,1-2H3. The van der Waals surface area contributed by atoms with Crippen LogP contribution in [0.25, 0.3) is 0 Å². The molecule has 3 nitrogen and oxygen atoms in total. The van der Waals surface area contributed by atoms with Gasteiger partial charge in [-0.05, 0) is 31.5 Å². The highest BCUT2D eigenvalue weighted by Crippen LogP contribution is 2.17. The zero-order valence-corrected chi connectivity index (χ0v) is 11.1. The van der Waals surface area contributed by atoms with Gasteiger partial charge in [-0.3, -0.25) is 4.79 Å². The van der Waals surface area contributed by atoms with Crippen molar-refractivity contribution in [2.75, 3.05) is 6.54 Å². The summed E-state index contributed by atoms with van der Waals surface area (Å²) in [5.41, 5.74) is 5.84. The molecule has 0 atom stereocenters. The molecule has 0 aromatic heterocycles. The van der Waals surface area contributed by atoms with E-state index in [0.29, 0.717) is 0 Å². The van der Waals surface area contributed by atoms with E-state index in [1.54, 1.807) is 13.8 Å². The molecular formula is C12H16BrNO2. The van der Waals surface area contributed by atoms with Crippen molar-refractivity contribution in [1.82, 2.24) is 0 Å². The Morgan fingerprint density at radius 1 is 1.38 bits per heavy atom. The summed E-state index contributed by atoms with van der Waals surface area (Å²) in [6.07, 6.45) is 0. The van der Waals surface area contributed by atoms with Crippen molar-refractivity contribution in [1.29, 1.82) is 0 Å². The van der Waals surface area contributed by atoms with Gasteiger partial charge in [0.1, 0.15) is 6.61 Å². The fourth-order valence-electron chi connectivity index (χ4n) is 1.01. The first kappa shape index (κ1) is 13.2. The molecule has 0 aliphatic carbocycles. The molecule has 0 fully saturated rings. The highest BCUT2D eigenvalue weighted by atomic mass is 79.9. The van der Waals surface area contributed by atoms with Crippen LogP contribution < -0.4 is 5.73 Å². The second-order valence-electron chi connectivity index (χ2n) is 4.29. The number of ether oxygens (including phenoxy) is 1. The van der Waals surface area contributed by atoms with Gasteiger partial charge in [0.05, 0.1) is 5.41 Å². The molecule has 0 unspecified atom stereocenters. The Hall–Kier alpha value is -0.870. The van der Waals surface area contributed by atoms with Crippen LogP contribution in [-0.4, -0.2) is 12.5 Å². The highest BCUT2D eigenvalue weighted by Gasteiger charge is 2.27. The smallest absolute Gasteiger partial charge is 0.313 e. The van der Waals surface area contributed by atoms with Crippen molar-refractivity contribution in [2.45, 2.75) is 20.5 Å². The summed E-state index contributed by atoms with van der Waals surface area (Å²) in [7, 11) is 0.